The maximum Gasteiger partial charge on any atom is 0.227 e. The number of aromatic nitrogens is 2. The van der Waals surface area contributed by atoms with Gasteiger partial charge in [-0.3, -0.25) is 0 Å². The molecule has 1 heterocycles. The SMILES string of the molecule is COc1cc(Cl)nc(NCc2ccccc2)n1. The Morgan fingerprint density at radius 2 is 2.00 bits per heavy atom. The molecule has 0 saturated heterocycles. The van der Waals surface area contributed by atoms with Crippen molar-refractivity contribution in [3.63, 3.8) is 0 Å². The summed E-state index contributed by atoms with van der Waals surface area (Å²) in [6, 6.07) is 11.5. The number of anilines is 1. The number of benzene rings is 1. The molecular weight excluding hydrogens is 238 g/mol. The van der Waals surface area contributed by atoms with Crippen LogP contribution in [0, 0.1) is 0 Å². The minimum Gasteiger partial charge on any atom is -0.481 e. The van der Waals surface area contributed by atoms with E-state index in [1.807, 2.05) is 30.3 Å². The van der Waals surface area contributed by atoms with Crippen molar-refractivity contribution in [1.29, 1.82) is 0 Å². The summed E-state index contributed by atoms with van der Waals surface area (Å²) >= 11 is 5.84. The number of hydrogen-bond acceptors (Lipinski definition) is 4. The van der Waals surface area contributed by atoms with Gasteiger partial charge < -0.3 is 10.1 Å². The standard InChI is InChI=1S/C12H12ClN3O/c1-17-11-7-10(13)15-12(16-11)14-8-9-5-3-2-4-6-9/h2-7H,8H2,1H3,(H,14,15,16). The summed E-state index contributed by atoms with van der Waals surface area (Å²) in [6.45, 7) is 0.643. The van der Waals surface area contributed by atoms with E-state index in [2.05, 4.69) is 15.3 Å². The highest BCUT2D eigenvalue weighted by Gasteiger charge is 2.02. The first-order valence-corrected chi connectivity index (χ1v) is 5.52. The normalized spacial score (nSPS) is 10.0. The van der Waals surface area contributed by atoms with E-state index in [-0.39, 0.29) is 0 Å². The molecule has 0 aliphatic carbocycles. The third kappa shape index (κ3) is 3.32. The molecule has 0 saturated carbocycles. The van der Waals surface area contributed by atoms with Crippen LogP contribution in [0.5, 0.6) is 5.88 Å². The van der Waals surface area contributed by atoms with Gasteiger partial charge in [0.2, 0.25) is 11.8 Å². The lowest BCUT2D eigenvalue weighted by molar-refractivity contribution is 0.397. The van der Waals surface area contributed by atoms with Crippen LogP contribution in [0.3, 0.4) is 0 Å². The van der Waals surface area contributed by atoms with Crippen molar-refractivity contribution in [2.45, 2.75) is 6.54 Å². The number of nitrogens with zero attached hydrogens (tertiary/aromatic N) is 2. The van der Waals surface area contributed by atoms with Gasteiger partial charge >= 0.3 is 0 Å². The molecule has 17 heavy (non-hydrogen) atoms. The van der Waals surface area contributed by atoms with Crippen molar-refractivity contribution in [2.75, 3.05) is 12.4 Å². The lowest BCUT2D eigenvalue weighted by atomic mass is 10.2. The van der Waals surface area contributed by atoms with Gasteiger partial charge in [-0.15, -0.1) is 0 Å². The highest BCUT2D eigenvalue weighted by Crippen LogP contribution is 2.16. The second kappa shape index (κ2) is 5.50. The van der Waals surface area contributed by atoms with Crippen LogP contribution in [0.2, 0.25) is 5.15 Å². The second-order valence-corrected chi connectivity index (χ2v) is 3.78. The number of rotatable bonds is 4. The summed E-state index contributed by atoms with van der Waals surface area (Å²) in [7, 11) is 1.54. The number of ether oxygens (including phenoxy) is 1. The monoisotopic (exact) mass is 249 g/mol. The van der Waals surface area contributed by atoms with Crippen LogP contribution in [0.1, 0.15) is 5.56 Å². The van der Waals surface area contributed by atoms with Crippen molar-refractivity contribution in [2.24, 2.45) is 0 Å². The second-order valence-electron chi connectivity index (χ2n) is 3.40. The maximum atomic E-state index is 5.84. The van der Waals surface area contributed by atoms with Crippen molar-refractivity contribution >= 4 is 17.5 Å². The highest BCUT2D eigenvalue weighted by molar-refractivity contribution is 6.29. The first-order valence-electron chi connectivity index (χ1n) is 5.14. The van der Waals surface area contributed by atoms with E-state index in [4.69, 9.17) is 16.3 Å². The lowest BCUT2D eigenvalue weighted by Crippen LogP contribution is -2.04. The first-order chi connectivity index (χ1) is 8.28. The van der Waals surface area contributed by atoms with E-state index >= 15 is 0 Å². The van der Waals surface area contributed by atoms with Gasteiger partial charge in [-0.1, -0.05) is 41.9 Å². The van der Waals surface area contributed by atoms with Gasteiger partial charge in [0.05, 0.1) is 7.11 Å². The van der Waals surface area contributed by atoms with Gasteiger partial charge in [-0.2, -0.15) is 4.98 Å². The summed E-state index contributed by atoms with van der Waals surface area (Å²) in [5, 5.41) is 3.44. The Hall–Kier alpha value is -1.81. The number of methoxy groups -OCH3 is 1. The lowest BCUT2D eigenvalue weighted by Gasteiger charge is -2.06. The Morgan fingerprint density at radius 1 is 1.24 bits per heavy atom. The Labute approximate surface area is 105 Å². The third-order valence-electron chi connectivity index (χ3n) is 2.17. The fraction of sp³-hybridized carbons (Fsp3) is 0.167. The number of hydrogen-bond donors (Lipinski definition) is 1. The Morgan fingerprint density at radius 3 is 2.71 bits per heavy atom. The van der Waals surface area contributed by atoms with Gasteiger partial charge in [-0.25, -0.2) is 4.98 Å². The summed E-state index contributed by atoms with van der Waals surface area (Å²) in [5.41, 5.74) is 1.15. The van der Waals surface area contributed by atoms with Crippen LogP contribution in [-0.4, -0.2) is 17.1 Å². The highest BCUT2D eigenvalue weighted by atomic mass is 35.5. The molecule has 4 nitrogen and oxygen atoms in total. The third-order valence-corrected chi connectivity index (χ3v) is 2.37. The molecule has 0 atom stereocenters. The summed E-state index contributed by atoms with van der Waals surface area (Å²) < 4.78 is 5.01. The zero-order valence-corrected chi connectivity index (χ0v) is 10.1. The van der Waals surface area contributed by atoms with Gasteiger partial charge in [0.15, 0.2) is 0 Å². The predicted octanol–water partition coefficient (Wildman–Crippen LogP) is 2.75. The Bertz CT molecular complexity index is 490. The topological polar surface area (TPSA) is 47.0 Å². The van der Waals surface area contributed by atoms with Crippen LogP contribution >= 0.6 is 11.6 Å². The average Bonchev–Trinajstić information content (AvgIpc) is 2.37. The van der Waals surface area contributed by atoms with Crippen LogP contribution < -0.4 is 10.1 Å². The quantitative estimate of drug-likeness (QED) is 0.847. The first kappa shape index (κ1) is 11.7. The van der Waals surface area contributed by atoms with Crippen molar-refractivity contribution in [3.8, 4) is 5.88 Å². The molecule has 2 aromatic rings. The summed E-state index contributed by atoms with van der Waals surface area (Å²) in [6.07, 6.45) is 0. The van der Waals surface area contributed by atoms with Crippen LogP contribution in [0.4, 0.5) is 5.95 Å². The van der Waals surface area contributed by atoms with Crippen LogP contribution in [-0.2, 0) is 6.54 Å². The van der Waals surface area contributed by atoms with Gasteiger partial charge in [-0.05, 0) is 5.56 Å². The van der Waals surface area contributed by atoms with Gasteiger partial charge in [0, 0.05) is 12.6 Å². The maximum absolute atomic E-state index is 5.84. The molecular formula is C12H12ClN3O. The zero-order valence-electron chi connectivity index (χ0n) is 9.35. The smallest absolute Gasteiger partial charge is 0.227 e. The largest absolute Gasteiger partial charge is 0.481 e. The molecule has 88 valence electrons. The molecule has 1 N–H and O–H groups in total. The van der Waals surface area contributed by atoms with E-state index < -0.39 is 0 Å². The average molecular weight is 250 g/mol. The predicted molar refractivity (Wildman–Crippen MR) is 67.4 cm³/mol. The Balaban J connectivity index is 2.06. The zero-order chi connectivity index (χ0) is 12.1. The molecule has 0 radical (unpaired) electrons. The molecule has 0 unspecified atom stereocenters. The summed E-state index contributed by atoms with van der Waals surface area (Å²) in [5.74, 6) is 0.902. The molecule has 1 aromatic heterocycles. The molecule has 0 aliphatic heterocycles. The number of halogens is 1. The van der Waals surface area contributed by atoms with E-state index in [1.54, 1.807) is 13.2 Å². The summed E-state index contributed by atoms with van der Waals surface area (Å²) in [4.78, 5) is 8.20. The van der Waals surface area contributed by atoms with Gasteiger partial charge in [0.25, 0.3) is 0 Å². The van der Waals surface area contributed by atoms with Gasteiger partial charge in [0.1, 0.15) is 5.15 Å². The molecule has 1 aromatic carbocycles. The molecule has 0 bridgehead atoms. The molecule has 0 fully saturated rings. The van der Waals surface area contributed by atoms with Crippen molar-refractivity contribution in [1.82, 2.24) is 9.97 Å². The van der Waals surface area contributed by atoms with E-state index in [0.29, 0.717) is 23.5 Å². The molecule has 5 heteroatoms. The fourth-order valence-corrected chi connectivity index (χ4v) is 1.53. The molecule has 0 aliphatic rings. The van der Waals surface area contributed by atoms with Crippen LogP contribution in [0.15, 0.2) is 36.4 Å². The minimum atomic E-state index is 0.354. The van der Waals surface area contributed by atoms with Crippen molar-refractivity contribution < 1.29 is 4.74 Å². The minimum absolute atomic E-state index is 0.354. The van der Waals surface area contributed by atoms with E-state index in [1.165, 1.54) is 0 Å². The van der Waals surface area contributed by atoms with Crippen LogP contribution in [0.25, 0.3) is 0 Å². The van der Waals surface area contributed by atoms with E-state index in [0.717, 1.165) is 5.56 Å². The van der Waals surface area contributed by atoms with Crippen molar-refractivity contribution in [3.05, 3.63) is 47.1 Å². The molecule has 2 rings (SSSR count). The molecule has 0 spiro atoms. The number of nitrogens with one attached hydrogen (secondary N) is 1. The van der Waals surface area contributed by atoms with E-state index in [9.17, 15) is 0 Å². The fourth-order valence-electron chi connectivity index (χ4n) is 1.36. The Kier molecular flexibility index (Phi) is 3.77. The molecule has 0 amide bonds.